The summed E-state index contributed by atoms with van der Waals surface area (Å²) in [5.74, 6) is -0.852. The van der Waals surface area contributed by atoms with Gasteiger partial charge in [0, 0.05) is 5.39 Å². The molecule has 2 aromatic rings. The van der Waals surface area contributed by atoms with Gasteiger partial charge in [0.15, 0.2) is 0 Å². The number of carbonyl (C=O) groups excluding carboxylic acids is 1. The molecule has 1 heterocycles. The van der Waals surface area contributed by atoms with Gasteiger partial charge in [-0.3, -0.25) is 0 Å². The Labute approximate surface area is 106 Å². The lowest BCUT2D eigenvalue weighted by Gasteiger charge is -2.06. The Morgan fingerprint density at radius 1 is 1.47 bits per heavy atom. The maximum Gasteiger partial charge on any atom is 0.356 e. The van der Waals surface area contributed by atoms with E-state index in [1.807, 2.05) is 0 Å². The number of ether oxygens (including phenoxy) is 1. The molecule has 0 bridgehead atoms. The molecular formula is C12H9BrFNO2. The molecule has 17 heavy (non-hydrogen) atoms. The number of hydrogen-bond donors (Lipinski definition) is 0. The van der Waals surface area contributed by atoms with Crippen LogP contribution in [0.3, 0.4) is 0 Å². The third-order valence-electron chi connectivity index (χ3n) is 2.45. The third kappa shape index (κ3) is 2.02. The predicted octanol–water partition coefficient (Wildman–Crippen LogP) is 3.23. The van der Waals surface area contributed by atoms with Gasteiger partial charge in [0.1, 0.15) is 11.5 Å². The van der Waals surface area contributed by atoms with Gasteiger partial charge in [-0.25, -0.2) is 14.2 Å². The highest BCUT2D eigenvalue weighted by Gasteiger charge is 2.13. The van der Waals surface area contributed by atoms with Gasteiger partial charge < -0.3 is 4.74 Å². The Hall–Kier alpha value is -1.49. The molecule has 0 radical (unpaired) electrons. The second kappa shape index (κ2) is 4.41. The quantitative estimate of drug-likeness (QED) is 0.759. The zero-order valence-corrected chi connectivity index (χ0v) is 10.8. The average Bonchev–Trinajstić information content (AvgIpc) is 2.34. The Morgan fingerprint density at radius 2 is 2.18 bits per heavy atom. The minimum atomic E-state index is -0.508. The summed E-state index contributed by atoms with van der Waals surface area (Å²) in [5, 5.41) is 0.634. The van der Waals surface area contributed by atoms with Gasteiger partial charge in [-0.15, -0.1) is 0 Å². The van der Waals surface area contributed by atoms with Gasteiger partial charge in [-0.1, -0.05) is 0 Å². The standard InChI is InChI=1S/C12H9BrFNO2/c1-6-5-8(14)10(13)7-3-4-9(12(16)17-2)15-11(6)7/h3-5H,1-2H3. The molecule has 0 aliphatic heterocycles. The first-order chi connectivity index (χ1) is 8.04. The van der Waals surface area contributed by atoms with Crippen molar-refractivity contribution in [2.75, 3.05) is 7.11 Å². The first kappa shape index (κ1) is 12.0. The number of methoxy groups -OCH3 is 1. The summed E-state index contributed by atoms with van der Waals surface area (Å²) in [6, 6.07) is 4.53. The molecule has 0 aliphatic rings. The zero-order chi connectivity index (χ0) is 12.6. The highest BCUT2D eigenvalue weighted by atomic mass is 79.9. The molecule has 1 aromatic carbocycles. The maximum absolute atomic E-state index is 13.5. The topological polar surface area (TPSA) is 39.2 Å². The number of pyridine rings is 1. The summed E-state index contributed by atoms with van der Waals surface area (Å²) in [7, 11) is 1.29. The molecule has 0 amide bonds. The van der Waals surface area contributed by atoms with Crippen molar-refractivity contribution in [1.82, 2.24) is 4.98 Å². The van der Waals surface area contributed by atoms with E-state index in [1.54, 1.807) is 13.0 Å². The molecule has 88 valence electrons. The Morgan fingerprint density at radius 3 is 2.82 bits per heavy atom. The SMILES string of the molecule is COC(=O)c1ccc2c(Br)c(F)cc(C)c2n1. The monoisotopic (exact) mass is 297 g/mol. The fourth-order valence-corrected chi connectivity index (χ4v) is 2.04. The number of fused-ring (bicyclic) bond motifs is 1. The van der Waals surface area contributed by atoms with Gasteiger partial charge in [0.2, 0.25) is 0 Å². The summed E-state index contributed by atoms with van der Waals surface area (Å²) in [6.07, 6.45) is 0. The molecule has 1 aromatic heterocycles. The molecule has 0 aliphatic carbocycles. The van der Waals surface area contributed by atoms with Gasteiger partial charge >= 0.3 is 5.97 Å². The fraction of sp³-hybridized carbons (Fsp3) is 0.167. The normalized spacial score (nSPS) is 10.6. The Balaban J connectivity index is 2.74. The summed E-state index contributed by atoms with van der Waals surface area (Å²) in [4.78, 5) is 15.5. The molecule has 0 saturated heterocycles. The molecule has 0 fully saturated rings. The highest BCUT2D eigenvalue weighted by molar-refractivity contribution is 9.10. The summed E-state index contributed by atoms with van der Waals surface area (Å²) in [6.45, 7) is 1.74. The highest BCUT2D eigenvalue weighted by Crippen LogP contribution is 2.28. The largest absolute Gasteiger partial charge is 0.464 e. The van der Waals surface area contributed by atoms with Crippen LogP contribution >= 0.6 is 15.9 Å². The van der Waals surface area contributed by atoms with E-state index in [1.165, 1.54) is 19.2 Å². The number of hydrogen-bond acceptors (Lipinski definition) is 3. The van der Waals surface area contributed by atoms with Gasteiger partial charge in [-0.05, 0) is 46.6 Å². The van der Waals surface area contributed by atoms with Gasteiger partial charge in [0.05, 0.1) is 17.1 Å². The first-order valence-corrected chi connectivity index (χ1v) is 5.67. The molecule has 0 N–H and O–H groups in total. The van der Waals surface area contributed by atoms with E-state index in [0.29, 0.717) is 20.9 Å². The molecule has 0 saturated carbocycles. The molecular weight excluding hydrogens is 289 g/mol. The Bertz CT molecular complexity index is 613. The van der Waals surface area contributed by atoms with Crippen molar-refractivity contribution in [3.8, 4) is 0 Å². The summed E-state index contributed by atoms with van der Waals surface area (Å²) >= 11 is 3.16. The number of halogens is 2. The second-order valence-electron chi connectivity index (χ2n) is 3.57. The molecule has 0 atom stereocenters. The van der Waals surface area contributed by atoms with Crippen molar-refractivity contribution in [2.45, 2.75) is 6.92 Å². The number of carbonyl (C=O) groups is 1. The van der Waals surface area contributed by atoms with Crippen molar-refractivity contribution in [2.24, 2.45) is 0 Å². The first-order valence-electron chi connectivity index (χ1n) is 4.88. The van der Waals surface area contributed by atoms with Crippen LogP contribution in [-0.2, 0) is 4.74 Å². The number of nitrogens with zero attached hydrogens (tertiary/aromatic N) is 1. The van der Waals surface area contributed by atoms with Crippen LogP contribution in [0.25, 0.3) is 10.9 Å². The van der Waals surface area contributed by atoms with Crippen LogP contribution in [-0.4, -0.2) is 18.1 Å². The van der Waals surface area contributed by atoms with Crippen LogP contribution in [0.15, 0.2) is 22.7 Å². The average molecular weight is 298 g/mol. The van der Waals surface area contributed by atoms with Crippen LogP contribution in [0.2, 0.25) is 0 Å². The van der Waals surface area contributed by atoms with Crippen molar-refractivity contribution < 1.29 is 13.9 Å². The van der Waals surface area contributed by atoms with E-state index in [0.717, 1.165) is 0 Å². The van der Waals surface area contributed by atoms with Crippen molar-refractivity contribution in [3.63, 3.8) is 0 Å². The molecule has 0 unspecified atom stereocenters. The maximum atomic E-state index is 13.5. The lowest BCUT2D eigenvalue weighted by molar-refractivity contribution is 0.0594. The number of esters is 1. The Kier molecular flexibility index (Phi) is 3.11. The summed E-state index contributed by atoms with van der Waals surface area (Å²) in [5.41, 5.74) is 1.47. The van der Waals surface area contributed by atoms with Crippen LogP contribution in [0.1, 0.15) is 16.1 Å². The fourth-order valence-electron chi connectivity index (χ4n) is 1.61. The van der Waals surface area contributed by atoms with Crippen LogP contribution < -0.4 is 0 Å². The van der Waals surface area contributed by atoms with E-state index in [-0.39, 0.29) is 11.5 Å². The van der Waals surface area contributed by atoms with E-state index in [4.69, 9.17) is 0 Å². The second-order valence-corrected chi connectivity index (χ2v) is 4.37. The smallest absolute Gasteiger partial charge is 0.356 e. The number of rotatable bonds is 1. The molecule has 0 spiro atoms. The van der Waals surface area contributed by atoms with Crippen LogP contribution in [0.4, 0.5) is 4.39 Å². The number of benzene rings is 1. The van der Waals surface area contributed by atoms with Gasteiger partial charge in [-0.2, -0.15) is 0 Å². The molecule has 5 heteroatoms. The minimum Gasteiger partial charge on any atom is -0.464 e. The molecule has 3 nitrogen and oxygen atoms in total. The summed E-state index contributed by atoms with van der Waals surface area (Å²) < 4.78 is 18.4. The van der Waals surface area contributed by atoms with Gasteiger partial charge in [0.25, 0.3) is 0 Å². The van der Waals surface area contributed by atoms with Crippen molar-refractivity contribution >= 4 is 32.8 Å². The van der Waals surface area contributed by atoms with Crippen LogP contribution in [0.5, 0.6) is 0 Å². The van der Waals surface area contributed by atoms with E-state index < -0.39 is 5.97 Å². The lowest BCUT2D eigenvalue weighted by atomic mass is 10.1. The number of aromatic nitrogens is 1. The van der Waals surface area contributed by atoms with E-state index >= 15 is 0 Å². The van der Waals surface area contributed by atoms with Crippen molar-refractivity contribution in [3.05, 3.63) is 39.7 Å². The van der Waals surface area contributed by atoms with Crippen molar-refractivity contribution in [1.29, 1.82) is 0 Å². The third-order valence-corrected chi connectivity index (χ3v) is 3.26. The zero-order valence-electron chi connectivity index (χ0n) is 9.25. The molecule has 2 rings (SSSR count). The number of aryl methyl sites for hydroxylation is 1. The predicted molar refractivity (Wildman–Crippen MR) is 65.5 cm³/mol. The van der Waals surface area contributed by atoms with Crippen LogP contribution in [0, 0.1) is 12.7 Å². The van der Waals surface area contributed by atoms with E-state index in [9.17, 15) is 9.18 Å². The van der Waals surface area contributed by atoms with E-state index in [2.05, 4.69) is 25.7 Å². The lowest BCUT2D eigenvalue weighted by Crippen LogP contribution is -2.04. The minimum absolute atomic E-state index is 0.210.